The van der Waals surface area contributed by atoms with Crippen molar-refractivity contribution in [1.82, 2.24) is 24.7 Å². The Morgan fingerprint density at radius 2 is 1.75 bits per heavy atom. The van der Waals surface area contributed by atoms with Crippen LogP contribution in [0.4, 0.5) is 0 Å². The van der Waals surface area contributed by atoms with E-state index in [1.165, 1.54) is 0 Å². The van der Waals surface area contributed by atoms with Crippen LogP contribution in [-0.2, 0) is 5.88 Å². The van der Waals surface area contributed by atoms with Crippen molar-refractivity contribution in [2.75, 3.05) is 0 Å². The average Bonchev–Trinajstić information content (AvgIpc) is 2.97. The van der Waals surface area contributed by atoms with Gasteiger partial charge in [0.15, 0.2) is 0 Å². The molecule has 1 aromatic carbocycles. The fourth-order valence-corrected chi connectivity index (χ4v) is 1.68. The molecule has 100 valence electrons. The molecule has 0 atom stereocenters. The molecule has 0 N–H and O–H groups in total. The maximum absolute atomic E-state index is 5.66. The lowest BCUT2D eigenvalue weighted by Crippen LogP contribution is -1.96. The number of rotatable bonds is 4. The molecule has 0 aliphatic rings. The predicted octanol–water partition coefficient (Wildman–Crippen LogP) is 2.59. The van der Waals surface area contributed by atoms with Crippen molar-refractivity contribution >= 4 is 11.6 Å². The molecule has 0 aliphatic carbocycles. The number of ether oxygens (including phenoxy) is 1. The minimum absolute atomic E-state index is 0.185. The SMILES string of the molecule is ClCc1cnc(Oc2ncn(-c3ccccc3)n2)nc1. The Labute approximate surface area is 120 Å². The van der Waals surface area contributed by atoms with Crippen LogP contribution in [0.2, 0.25) is 0 Å². The number of aromatic nitrogens is 5. The van der Waals surface area contributed by atoms with Crippen molar-refractivity contribution in [3.05, 3.63) is 54.6 Å². The monoisotopic (exact) mass is 287 g/mol. The first kappa shape index (κ1) is 12.6. The van der Waals surface area contributed by atoms with E-state index in [0.29, 0.717) is 5.88 Å². The van der Waals surface area contributed by atoms with Gasteiger partial charge < -0.3 is 4.74 Å². The maximum atomic E-state index is 5.66. The molecule has 0 saturated carbocycles. The van der Waals surface area contributed by atoms with Crippen LogP contribution in [0.1, 0.15) is 5.56 Å². The van der Waals surface area contributed by atoms with Gasteiger partial charge in [0.05, 0.1) is 11.6 Å². The third-order valence-electron chi connectivity index (χ3n) is 2.51. The Hall–Kier alpha value is -2.47. The third kappa shape index (κ3) is 2.75. The second kappa shape index (κ2) is 5.66. The summed E-state index contributed by atoms with van der Waals surface area (Å²) in [6.45, 7) is 0. The Balaban J connectivity index is 1.77. The lowest BCUT2D eigenvalue weighted by molar-refractivity contribution is 0.406. The fraction of sp³-hybridized carbons (Fsp3) is 0.0769. The van der Waals surface area contributed by atoms with E-state index in [1.54, 1.807) is 23.4 Å². The molecule has 2 heterocycles. The zero-order valence-electron chi connectivity index (χ0n) is 10.3. The molecule has 3 aromatic rings. The van der Waals surface area contributed by atoms with Crippen LogP contribution in [0, 0.1) is 0 Å². The highest BCUT2D eigenvalue weighted by Gasteiger charge is 2.06. The van der Waals surface area contributed by atoms with Gasteiger partial charge in [0.1, 0.15) is 6.33 Å². The summed E-state index contributed by atoms with van der Waals surface area (Å²) in [4.78, 5) is 12.1. The normalized spacial score (nSPS) is 10.4. The fourth-order valence-electron chi connectivity index (χ4n) is 1.55. The number of nitrogens with zero attached hydrogens (tertiary/aromatic N) is 5. The van der Waals surface area contributed by atoms with Gasteiger partial charge in [0, 0.05) is 18.0 Å². The van der Waals surface area contributed by atoms with Crippen LogP contribution in [0.15, 0.2) is 49.1 Å². The summed E-state index contributed by atoms with van der Waals surface area (Å²) >= 11 is 5.66. The first-order valence-electron chi connectivity index (χ1n) is 5.87. The van der Waals surface area contributed by atoms with Gasteiger partial charge >= 0.3 is 12.0 Å². The van der Waals surface area contributed by atoms with Crippen molar-refractivity contribution in [2.45, 2.75) is 5.88 Å². The summed E-state index contributed by atoms with van der Waals surface area (Å²) in [5.41, 5.74) is 1.72. The van der Waals surface area contributed by atoms with E-state index in [4.69, 9.17) is 16.3 Å². The van der Waals surface area contributed by atoms with Crippen molar-refractivity contribution < 1.29 is 4.74 Å². The van der Waals surface area contributed by atoms with Crippen molar-refractivity contribution in [3.63, 3.8) is 0 Å². The summed E-state index contributed by atoms with van der Waals surface area (Å²) in [5, 5.41) is 4.20. The molecular formula is C13H10ClN5O. The van der Waals surface area contributed by atoms with Crippen LogP contribution < -0.4 is 4.74 Å². The standard InChI is InChI=1S/C13H10ClN5O/c14-6-10-7-15-12(16-8-10)20-13-17-9-19(18-13)11-4-2-1-3-5-11/h1-5,7-9H,6H2. The average molecular weight is 288 g/mol. The Kier molecular flexibility index (Phi) is 3.56. The number of para-hydroxylation sites is 1. The van der Waals surface area contributed by atoms with Gasteiger partial charge in [-0.15, -0.1) is 16.7 Å². The molecule has 7 heteroatoms. The molecule has 0 saturated heterocycles. The molecule has 0 aliphatic heterocycles. The zero-order chi connectivity index (χ0) is 13.8. The zero-order valence-corrected chi connectivity index (χ0v) is 11.1. The molecule has 6 nitrogen and oxygen atoms in total. The van der Waals surface area contributed by atoms with Crippen molar-refractivity contribution in [2.24, 2.45) is 0 Å². The largest absolute Gasteiger partial charge is 0.387 e. The molecule has 0 radical (unpaired) electrons. The number of alkyl halides is 1. The highest BCUT2D eigenvalue weighted by Crippen LogP contribution is 2.14. The van der Waals surface area contributed by atoms with E-state index < -0.39 is 0 Å². The minimum atomic E-state index is 0.185. The maximum Gasteiger partial charge on any atom is 0.343 e. The Morgan fingerprint density at radius 1 is 1.00 bits per heavy atom. The molecule has 0 fully saturated rings. The Bertz CT molecular complexity index is 683. The minimum Gasteiger partial charge on any atom is -0.387 e. The molecule has 0 spiro atoms. The van der Waals surface area contributed by atoms with Gasteiger partial charge in [-0.25, -0.2) is 14.6 Å². The number of benzene rings is 1. The number of hydrogen-bond donors (Lipinski definition) is 0. The molecule has 2 aromatic heterocycles. The molecular weight excluding hydrogens is 278 g/mol. The molecule has 20 heavy (non-hydrogen) atoms. The molecule has 0 unspecified atom stereocenters. The van der Waals surface area contributed by atoms with Gasteiger partial charge in [-0.1, -0.05) is 18.2 Å². The van der Waals surface area contributed by atoms with Crippen molar-refractivity contribution in [1.29, 1.82) is 0 Å². The van der Waals surface area contributed by atoms with E-state index >= 15 is 0 Å². The molecule has 0 amide bonds. The van der Waals surface area contributed by atoms with Crippen LogP contribution in [0.5, 0.6) is 12.0 Å². The van der Waals surface area contributed by atoms with E-state index in [1.807, 2.05) is 30.3 Å². The second-order valence-electron chi connectivity index (χ2n) is 3.92. The molecule has 0 bridgehead atoms. The summed E-state index contributed by atoms with van der Waals surface area (Å²) in [5.74, 6) is 0.362. The van der Waals surface area contributed by atoms with Gasteiger partial charge in [0.25, 0.3) is 0 Å². The summed E-state index contributed by atoms with van der Waals surface area (Å²) in [6, 6.07) is 9.99. The van der Waals surface area contributed by atoms with Crippen LogP contribution in [-0.4, -0.2) is 24.7 Å². The summed E-state index contributed by atoms with van der Waals surface area (Å²) in [6.07, 6.45) is 4.77. The molecule has 3 rings (SSSR count). The quantitative estimate of drug-likeness (QED) is 0.690. The lowest BCUT2D eigenvalue weighted by atomic mass is 10.3. The van der Waals surface area contributed by atoms with E-state index in [-0.39, 0.29) is 12.0 Å². The van der Waals surface area contributed by atoms with E-state index in [0.717, 1.165) is 11.3 Å². The summed E-state index contributed by atoms with van der Waals surface area (Å²) < 4.78 is 6.99. The number of halogens is 1. The van der Waals surface area contributed by atoms with Crippen LogP contribution in [0.25, 0.3) is 5.69 Å². The first-order valence-corrected chi connectivity index (χ1v) is 6.40. The smallest absolute Gasteiger partial charge is 0.343 e. The highest BCUT2D eigenvalue weighted by atomic mass is 35.5. The Morgan fingerprint density at radius 3 is 2.45 bits per heavy atom. The summed E-state index contributed by atoms with van der Waals surface area (Å²) in [7, 11) is 0. The second-order valence-corrected chi connectivity index (χ2v) is 4.18. The van der Waals surface area contributed by atoms with Gasteiger partial charge in [-0.05, 0) is 12.1 Å². The predicted molar refractivity (Wildman–Crippen MR) is 73.0 cm³/mol. The van der Waals surface area contributed by atoms with E-state index in [9.17, 15) is 0 Å². The van der Waals surface area contributed by atoms with Crippen LogP contribution in [0.3, 0.4) is 0 Å². The topological polar surface area (TPSA) is 65.7 Å². The van der Waals surface area contributed by atoms with E-state index in [2.05, 4.69) is 20.1 Å². The van der Waals surface area contributed by atoms with Crippen molar-refractivity contribution in [3.8, 4) is 17.7 Å². The lowest BCUT2D eigenvalue weighted by Gasteiger charge is -2.00. The van der Waals surface area contributed by atoms with Gasteiger partial charge in [-0.2, -0.15) is 4.98 Å². The van der Waals surface area contributed by atoms with Gasteiger partial charge in [0.2, 0.25) is 0 Å². The number of hydrogen-bond acceptors (Lipinski definition) is 5. The van der Waals surface area contributed by atoms with Gasteiger partial charge in [-0.3, -0.25) is 0 Å². The van der Waals surface area contributed by atoms with Crippen LogP contribution >= 0.6 is 11.6 Å². The first-order chi connectivity index (χ1) is 9.85. The highest BCUT2D eigenvalue weighted by molar-refractivity contribution is 6.17. The third-order valence-corrected chi connectivity index (χ3v) is 2.82.